The summed E-state index contributed by atoms with van der Waals surface area (Å²) in [6.07, 6.45) is 4.09. The minimum absolute atomic E-state index is 0.0681. The number of likely N-dealkylation sites (tertiary alicyclic amines) is 1. The third-order valence-corrected chi connectivity index (χ3v) is 5.42. The number of carbonyl (C=O) groups excluding carboxylic acids is 1. The van der Waals surface area contributed by atoms with Gasteiger partial charge in [0.15, 0.2) is 0 Å². The molecule has 1 amide bonds. The van der Waals surface area contributed by atoms with E-state index in [4.69, 9.17) is 0 Å². The Kier molecular flexibility index (Phi) is 4.92. The molecule has 0 unspecified atom stereocenters. The summed E-state index contributed by atoms with van der Waals surface area (Å²) in [5.41, 5.74) is 3.49. The SMILES string of the molecule is Cc1nc2c(C(=O)N3CCC[C@H](CCc4ccc(F)cc4)C3)cccc2[nH]1. The Morgan fingerprint density at radius 3 is 2.89 bits per heavy atom. The van der Waals surface area contributed by atoms with Crippen LogP contribution in [-0.2, 0) is 6.42 Å². The van der Waals surface area contributed by atoms with Crippen LogP contribution in [0, 0.1) is 18.7 Å². The van der Waals surface area contributed by atoms with Crippen molar-refractivity contribution >= 4 is 16.9 Å². The zero-order valence-corrected chi connectivity index (χ0v) is 15.5. The van der Waals surface area contributed by atoms with Crippen molar-refractivity contribution in [3.05, 3.63) is 65.2 Å². The van der Waals surface area contributed by atoms with Gasteiger partial charge in [0.05, 0.1) is 11.1 Å². The Hall–Kier alpha value is -2.69. The predicted octanol–water partition coefficient (Wildman–Crippen LogP) is 4.50. The minimum Gasteiger partial charge on any atom is -0.342 e. The monoisotopic (exact) mass is 365 g/mol. The number of nitrogens with one attached hydrogen (secondary N) is 1. The third-order valence-electron chi connectivity index (χ3n) is 5.42. The number of aromatic nitrogens is 2. The molecule has 140 valence electrons. The number of rotatable bonds is 4. The van der Waals surface area contributed by atoms with E-state index in [1.54, 1.807) is 0 Å². The second kappa shape index (κ2) is 7.51. The Morgan fingerprint density at radius 1 is 1.26 bits per heavy atom. The number of imidazole rings is 1. The maximum atomic E-state index is 13.1. The molecule has 1 aliphatic rings. The smallest absolute Gasteiger partial charge is 0.256 e. The second-order valence-electron chi connectivity index (χ2n) is 7.45. The molecule has 1 fully saturated rings. The molecule has 2 aromatic carbocycles. The number of hydrogen-bond acceptors (Lipinski definition) is 2. The molecular weight excluding hydrogens is 341 g/mol. The number of aryl methyl sites for hydroxylation is 2. The first-order valence-electron chi connectivity index (χ1n) is 9.59. The number of fused-ring (bicyclic) bond motifs is 1. The van der Waals surface area contributed by atoms with Gasteiger partial charge in [0, 0.05) is 13.1 Å². The maximum absolute atomic E-state index is 13.1. The van der Waals surface area contributed by atoms with Crippen LogP contribution in [0.15, 0.2) is 42.5 Å². The first-order chi connectivity index (χ1) is 13.1. The van der Waals surface area contributed by atoms with E-state index in [2.05, 4.69) is 9.97 Å². The van der Waals surface area contributed by atoms with Gasteiger partial charge in [-0.15, -0.1) is 0 Å². The number of halogens is 1. The summed E-state index contributed by atoms with van der Waals surface area (Å²) in [5, 5.41) is 0. The van der Waals surface area contributed by atoms with Gasteiger partial charge in [-0.2, -0.15) is 0 Å². The molecule has 0 radical (unpaired) electrons. The summed E-state index contributed by atoms with van der Waals surface area (Å²) in [4.78, 5) is 22.8. The fraction of sp³-hybridized carbons (Fsp3) is 0.364. The number of hydrogen-bond donors (Lipinski definition) is 1. The standard InChI is InChI=1S/C22H24FN3O/c1-15-24-20-6-2-5-19(21(20)25-15)22(27)26-13-3-4-17(14-26)8-7-16-9-11-18(23)12-10-16/h2,5-6,9-12,17H,3-4,7-8,13-14H2,1H3,(H,24,25)/t17-/m1/s1. The minimum atomic E-state index is -0.198. The van der Waals surface area contributed by atoms with Gasteiger partial charge < -0.3 is 9.88 Å². The normalized spacial score (nSPS) is 17.4. The van der Waals surface area contributed by atoms with Crippen molar-refractivity contribution in [3.63, 3.8) is 0 Å². The van der Waals surface area contributed by atoms with Gasteiger partial charge in [0.25, 0.3) is 5.91 Å². The highest BCUT2D eigenvalue weighted by Gasteiger charge is 2.26. The van der Waals surface area contributed by atoms with Crippen LogP contribution in [0.1, 0.15) is 41.0 Å². The first-order valence-corrected chi connectivity index (χ1v) is 9.59. The van der Waals surface area contributed by atoms with Crippen LogP contribution in [0.4, 0.5) is 4.39 Å². The lowest BCUT2D eigenvalue weighted by Gasteiger charge is -2.33. The molecule has 0 aliphatic carbocycles. The topological polar surface area (TPSA) is 49.0 Å². The number of nitrogens with zero attached hydrogens (tertiary/aromatic N) is 2. The lowest BCUT2D eigenvalue weighted by molar-refractivity contribution is 0.0670. The lowest BCUT2D eigenvalue weighted by atomic mass is 9.91. The van der Waals surface area contributed by atoms with E-state index in [1.165, 1.54) is 12.1 Å². The highest BCUT2D eigenvalue weighted by Crippen LogP contribution is 2.25. The van der Waals surface area contributed by atoms with Crippen molar-refractivity contribution in [2.75, 3.05) is 13.1 Å². The van der Waals surface area contributed by atoms with Crippen LogP contribution in [0.3, 0.4) is 0 Å². The van der Waals surface area contributed by atoms with Gasteiger partial charge >= 0.3 is 0 Å². The molecule has 2 heterocycles. The number of aromatic amines is 1. The summed E-state index contributed by atoms with van der Waals surface area (Å²) in [5.74, 6) is 1.17. The van der Waals surface area contributed by atoms with Crippen LogP contribution >= 0.6 is 0 Å². The van der Waals surface area contributed by atoms with Crippen molar-refractivity contribution in [1.29, 1.82) is 0 Å². The molecule has 0 saturated carbocycles. The molecule has 1 aliphatic heterocycles. The molecular formula is C22H24FN3O. The Labute approximate surface area is 158 Å². The third kappa shape index (κ3) is 3.87. The van der Waals surface area contributed by atoms with Crippen LogP contribution < -0.4 is 0 Å². The lowest BCUT2D eigenvalue weighted by Crippen LogP contribution is -2.40. The van der Waals surface area contributed by atoms with Crippen molar-refractivity contribution < 1.29 is 9.18 Å². The Morgan fingerprint density at radius 2 is 2.07 bits per heavy atom. The summed E-state index contributed by atoms with van der Waals surface area (Å²) in [7, 11) is 0. The highest BCUT2D eigenvalue weighted by molar-refractivity contribution is 6.04. The van der Waals surface area contributed by atoms with E-state index < -0.39 is 0 Å². The van der Waals surface area contributed by atoms with Crippen LogP contribution in [-0.4, -0.2) is 33.9 Å². The van der Waals surface area contributed by atoms with Gasteiger partial charge in [0.2, 0.25) is 0 Å². The largest absolute Gasteiger partial charge is 0.342 e. The van der Waals surface area contributed by atoms with E-state index in [-0.39, 0.29) is 11.7 Å². The predicted molar refractivity (Wildman–Crippen MR) is 104 cm³/mol. The van der Waals surface area contributed by atoms with Crippen molar-refractivity contribution in [2.45, 2.75) is 32.6 Å². The molecule has 1 atom stereocenters. The average Bonchev–Trinajstić information content (AvgIpc) is 3.07. The molecule has 5 heteroatoms. The van der Waals surface area contributed by atoms with Gasteiger partial charge in [0.1, 0.15) is 17.2 Å². The maximum Gasteiger partial charge on any atom is 0.256 e. The highest BCUT2D eigenvalue weighted by atomic mass is 19.1. The molecule has 0 bridgehead atoms. The number of benzene rings is 2. The van der Waals surface area contributed by atoms with Gasteiger partial charge in [-0.3, -0.25) is 4.79 Å². The zero-order valence-electron chi connectivity index (χ0n) is 15.5. The molecule has 4 nitrogen and oxygen atoms in total. The molecule has 1 N–H and O–H groups in total. The van der Waals surface area contributed by atoms with Gasteiger partial charge in [-0.25, -0.2) is 9.37 Å². The number of carbonyl (C=O) groups is 1. The molecule has 27 heavy (non-hydrogen) atoms. The van der Waals surface area contributed by atoms with Crippen molar-refractivity contribution in [1.82, 2.24) is 14.9 Å². The molecule has 0 spiro atoms. The van der Waals surface area contributed by atoms with Crippen LogP contribution in [0.25, 0.3) is 11.0 Å². The van der Waals surface area contributed by atoms with Crippen molar-refractivity contribution in [3.8, 4) is 0 Å². The summed E-state index contributed by atoms with van der Waals surface area (Å²) in [6, 6.07) is 12.4. The van der Waals surface area contributed by atoms with E-state index in [0.29, 0.717) is 11.5 Å². The average molecular weight is 365 g/mol. The van der Waals surface area contributed by atoms with E-state index >= 15 is 0 Å². The zero-order chi connectivity index (χ0) is 18.8. The number of para-hydroxylation sites is 1. The Bertz CT molecular complexity index is 948. The summed E-state index contributed by atoms with van der Waals surface area (Å²) < 4.78 is 13.0. The molecule has 4 rings (SSSR count). The summed E-state index contributed by atoms with van der Waals surface area (Å²) >= 11 is 0. The summed E-state index contributed by atoms with van der Waals surface area (Å²) in [6.45, 7) is 3.48. The molecule has 1 aromatic heterocycles. The van der Waals surface area contributed by atoms with Gasteiger partial charge in [-0.1, -0.05) is 18.2 Å². The number of amides is 1. The fourth-order valence-electron chi connectivity index (χ4n) is 4.01. The number of H-pyrrole nitrogens is 1. The van der Waals surface area contributed by atoms with Crippen LogP contribution in [0.2, 0.25) is 0 Å². The van der Waals surface area contributed by atoms with E-state index in [9.17, 15) is 9.18 Å². The first kappa shape index (κ1) is 17.7. The second-order valence-corrected chi connectivity index (χ2v) is 7.45. The van der Waals surface area contributed by atoms with Gasteiger partial charge in [-0.05, 0) is 68.4 Å². The van der Waals surface area contributed by atoms with E-state index in [1.807, 2.05) is 42.2 Å². The molecule has 1 saturated heterocycles. The van der Waals surface area contributed by atoms with Crippen LogP contribution in [0.5, 0.6) is 0 Å². The quantitative estimate of drug-likeness (QED) is 0.740. The van der Waals surface area contributed by atoms with E-state index in [0.717, 1.165) is 61.2 Å². The molecule has 3 aromatic rings. The number of piperidine rings is 1. The van der Waals surface area contributed by atoms with Crippen molar-refractivity contribution in [2.24, 2.45) is 5.92 Å². The fourth-order valence-corrected chi connectivity index (χ4v) is 4.01. The Balaban J connectivity index is 1.44.